The van der Waals surface area contributed by atoms with E-state index < -0.39 is 5.97 Å². The van der Waals surface area contributed by atoms with Gasteiger partial charge in [0, 0.05) is 17.1 Å². The maximum absolute atomic E-state index is 10.3. The molecule has 0 atom stereocenters. The van der Waals surface area contributed by atoms with Crippen LogP contribution in [-0.2, 0) is 13.0 Å². The zero-order valence-corrected chi connectivity index (χ0v) is 16.4. The van der Waals surface area contributed by atoms with Crippen molar-refractivity contribution < 1.29 is 19.7 Å². The number of carbonyl (C=O) groups is 1. The second-order valence-corrected chi connectivity index (χ2v) is 6.66. The molecule has 0 aliphatic carbocycles. The zero-order valence-electron chi connectivity index (χ0n) is 16.4. The van der Waals surface area contributed by atoms with Crippen LogP contribution >= 0.6 is 0 Å². The number of carboxylic acid groups (broad SMARTS) is 1. The molecule has 0 bridgehead atoms. The third-order valence-electron chi connectivity index (χ3n) is 4.54. The molecule has 3 aromatic carbocycles. The fraction of sp³-hybridized carbons (Fsp3) is 0.125. The molecule has 0 aliphatic heterocycles. The second-order valence-electron chi connectivity index (χ2n) is 6.66. The molecular weight excluding hydrogens is 380 g/mol. The van der Waals surface area contributed by atoms with E-state index in [0.29, 0.717) is 13.2 Å². The summed E-state index contributed by atoms with van der Waals surface area (Å²) in [5, 5.41) is 18.5. The van der Waals surface area contributed by atoms with Crippen LogP contribution in [0, 0.1) is 0 Å². The number of carboxylic acids is 1. The number of rotatable bonds is 6. The molecule has 0 radical (unpaired) electrons. The molecule has 0 saturated heterocycles. The smallest absolute Gasteiger partial charge is 0.339 e. The summed E-state index contributed by atoms with van der Waals surface area (Å²) in [5.41, 5.74) is 9.11. The van der Waals surface area contributed by atoms with Crippen LogP contribution in [0.2, 0.25) is 0 Å². The quantitative estimate of drug-likeness (QED) is 0.382. The number of aromatic hydroxyl groups is 1. The summed E-state index contributed by atoms with van der Waals surface area (Å²) < 4.78 is 5.86. The van der Waals surface area contributed by atoms with E-state index in [2.05, 4.69) is 29.2 Å². The minimum Gasteiger partial charge on any atom is -0.507 e. The Kier molecular flexibility index (Phi) is 7.08. The number of fused-ring (bicyclic) bond motifs is 1. The maximum atomic E-state index is 10.3. The van der Waals surface area contributed by atoms with Gasteiger partial charge in [-0.1, -0.05) is 42.5 Å². The van der Waals surface area contributed by atoms with Crippen molar-refractivity contribution in [1.82, 2.24) is 4.98 Å². The van der Waals surface area contributed by atoms with Gasteiger partial charge in [-0.15, -0.1) is 0 Å². The Balaban J connectivity index is 0.000000216. The molecule has 6 nitrogen and oxygen atoms in total. The lowest BCUT2D eigenvalue weighted by Crippen LogP contribution is -2.01. The normalized spacial score (nSPS) is 10.3. The average molecular weight is 404 g/mol. The van der Waals surface area contributed by atoms with Gasteiger partial charge in [0.1, 0.15) is 23.7 Å². The second kappa shape index (κ2) is 10.1. The van der Waals surface area contributed by atoms with Gasteiger partial charge in [-0.25, -0.2) is 4.79 Å². The Labute approximate surface area is 174 Å². The third-order valence-corrected chi connectivity index (χ3v) is 4.54. The lowest BCUT2D eigenvalue weighted by molar-refractivity contribution is 0.0693. The Morgan fingerprint density at radius 1 is 1.00 bits per heavy atom. The van der Waals surface area contributed by atoms with E-state index in [1.54, 1.807) is 12.1 Å². The molecule has 1 heterocycles. The standard InChI is InChI=1S/C17H18N2O.C7H6O3/c18-9-8-14-11-19-17-7-6-15(10-16(14)17)20-12-13-4-2-1-3-5-13;8-6-4-2-1-3-5(6)7(9)10/h1-7,10-11,19H,8-9,12,18H2;1-4,8H,(H,9,10). The van der Waals surface area contributed by atoms with E-state index in [-0.39, 0.29) is 11.3 Å². The number of para-hydroxylation sites is 1. The zero-order chi connectivity index (χ0) is 21.3. The number of nitrogens with two attached hydrogens (primary N) is 1. The molecule has 30 heavy (non-hydrogen) atoms. The van der Waals surface area contributed by atoms with Crippen LogP contribution in [0.5, 0.6) is 11.5 Å². The van der Waals surface area contributed by atoms with Crippen LogP contribution in [0.1, 0.15) is 21.5 Å². The van der Waals surface area contributed by atoms with Crippen molar-refractivity contribution >= 4 is 16.9 Å². The Morgan fingerprint density at radius 2 is 1.73 bits per heavy atom. The van der Waals surface area contributed by atoms with Crippen molar-refractivity contribution in [3.63, 3.8) is 0 Å². The van der Waals surface area contributed by atoms with Crippen molar-refractivity contribution in [2.75, 3.05) is 6.54 Å². The van der Waals surface area contributed by atoms with Gasteiger partial charge in [0.05, 0.1) is 0 Å². The molecule has 0 aliphatic rings. The number of hydrogen-bond acceptors (Lipinski definition) is 4. The van der Waals surface area contributed by atoms with E-state index in [0.717, 1.165) is 17.7 Å². The number of aromatic carboxylic acids is 1. The highest BCUT2D eigenvalue weighted by molar-refractivity contribution is 5.90. The molecule has 154 valence electrons. The topological polar surface area (TPSA) is 109 Å². The summed E-state index contributed by atoms with van der Waals surface area (Å²) in [6.45, 7) is 1.24. The number of phenols is 1. The van der Waals surface area contributed by atoms with Crippen LogP contribution < -0.4 is 10.5 Å². The van der Waals surface area contributed by atoms with E-state index in [1.165, 1.54) is 28.6 Å². The molecule has 0 fully saturated rings. The number of benzene rings is 3. The molecule has 4 aromatic rings. The minimum absolute atomic E-state index is 0.0671. The monoisotopic (exact) mass is 404 g/mol. The summed E-state index contributed by atoms with van der Waals surface area (Å²) in [4.78, 5) is 13.5. The molecule has 4 rings (SSSR count). The largest absolute Gasteiger partial charge is 0.507 e. The number of aromatic nitrogens is 1. The SMILES string of the molecule is NCCc1c[nH]c2ccc(OCc3ccccc3)cc12.O=C(O)c1ccccc1O. The molecule has 0 amide bonds. The fourth-order valence-corrected chi connectivity index (χ4v) is 3.01. The highest BCUT2D eigenvalue weighted by atomic mass is 16.5. The van der Waals surface area contributed by atoms with Gasteiger partial charge in [-0.2, -0.15) is 0 Å². The number of aromatic amines is 1. The van der Waals surface area contributed by atoms with Crippen LogP contribution in [-0.4, -0.2) is 27.7 Å². The number of ether oxygens (including phenoxy) is 1. The van der Waals surface area contributed by atoms with Gasteiger partial charge in [0.25, 0.3) is 0 Å². The van der Waals surface area contributed by atoms with Gasteiger partial charge >= 0.3 is 5.97 Å². The summed E-state index contributed by atoms with van der Waals surface area (Å²) in [6, 6.07) is 22.1. The van der Waals surface area contributed by atoms with E-state index >= 15 is 0 Å². The number of H-pyrrole nitrogens is 1. The third kappa shape index (κ3) is 5.40. The summed E-state index contributed by atoms with van der Waals surface area (Å²) >= 11 is 0. The lowest BCUT2D eigenvalue weighted by atomic mass is 10.1. The van der Waals surface area contributed by atoms with Gasteiger partial charge < -0.3 is 25.7 Å². The molecule has 0 spiro atoms. The average Bonchev–Trinajstić information content (AvgIpc) is 3.16. The first kappa shape index (κ1) is 21.0. The predicted molar refractivity (Wildman–Crippen MR) is 117 cm³/mol. The molecule has 0 unspecified atom stereocenters. The fourth-order valence-electron chi connectivity index (χ4n) is 3.01. The van der Waals surface area contributed by atoms with Gasteiger partial charge in [-0.05, 0) is 54.4 Å². The Hall–Kier alpha value is -3.77. The Morgan fingerprint density at radius 3 is 2.40 bits per heavy atom. The predicted octanol–water partition coefficient (Wildman–Crippen LogP) is 4.34. The van der Waals surface area contributed by atoms with Crippen molar-refractivity contribution in [3.05, 3.63) is 95.7 Å². The number of hydrogen-bond donors (Lipinski definition) is 4. The first-order valence-electron chi connectivity index (χ1n) is 9.56. The molecule has 1 aromatic heterocycles. The van der Waals surface area contributed by atoms with E-state index in [9.17, 15) is 4.79 Å². The first-order valence-corrected chi connectivity index (χ1v) is 9.56. The van der Waals surface area contributed by atoms with Gasteiger partial charge in [0.2, 0.25) is 0 Å². The van der Waals surface area contributed by atoms with Crippen molar-refractivity contribution in [2.24, 2.45) is 5.73 Å². The Bertz CT molecular complexity index is 1110. The lowest BCUT2D eigenvalue weighted by Gasteiger charge is -2.07. The van der Waals surface area contributed by atoms with E-state index in [4.69, 9.17) is 20.7 Å². The van der Waals surface area contributed by atoms with E-state index in [1.807, 2.05) is 30.5 Å². The first-order chi connectivity index (χ1) is 14.6. The van der Waals surface area contributed by atoms with Crippen LogP contribution in [0.15, 0.2) is 79.0 Å². The van der Waals surface area contributed by atoms with Crippen molar-refractivity contribution in [2.45, 2.75) is 13.0 Å². The van der Waals surface area contributed by atoms with Gasteiger partial charge in [-0.3, -0.25) is 0 Å². The summed E-state index contributed by atoms with van der Waals surface area (Å²) in [7, 11) is 0. The molecular formula is C24H24N2O4. The minimum atomic E-state index is -1.11. The van der Waals surface area contributed by atoms with Crippen molar-refractivity contribution in [3.8, 4) is 11.5 Å². The van der Waals surface area contributed by atoms with Crippen LogP contribution in [0.25, 0.3) is 10.9 Å². The van der Waals surface area contributed by atoms with Crippen LogP contribution in [0.4, 0.5) is 0 Å². The maximum Gasteiger partial charge on any atom is 0.339 e. The van der Waals surface area contributed by atoms with Crippen LogP contribution in [0.3, 0.4) is 0 Å². The summed E-state index contributed by atoms with van der Waals surface area (Å²) in [6.07, 6.45) is 2.90. The highest BCUT2D eigenvalue weighted by Crippen LogP contribution is 2.24. The number of nitrogens with one attached hydrogen (secondary N) is 1. The van der Waals surface area contributed by atoms with Crippen molar-refractivity contribution in [1.29, 1.82) is 0 Å². The van der Waals surface area contributed by atoms with Gasteiger partial charge in [0.15, 0.2) is 0 Å². The summed E-state index contributed by atoms with van der Waals surface area (Å²) in [5.74, 6) is -0.424. The molecule has 5 N–H and O–H groups in total. The molecule has 6 heteroatoms. The molecule has 0 saturated carbocycles. The highest BCUT2D eigenvalue weighted by Gasteiger charge is 2.06.